The summed E-state index contributed by atoms with van der Waals surface area (Å²) in [6.45, 7) is 2.91. The van der Waals surface area contributed by atoms with Gasteiger partial charge in [0.25, 0.3) is 0 Å². The summed E-state index contributed by atoms with van der Waals surface area (Å²) in [4.78, 5) is 11.4. The summed E-state index contributed by atoms with van der Waals surface area (Å²) in [7, 11) is 0. The van der Waals surface area contributed by atoms with Crippen molar-refractivity contribution in [3.8, 4) is 5.75 Å². The van der Waals surface area contributed by atoms with Crippen LogP contribution in [-0.4, -0.2) is 31.9 Å². The molecule has 0 bridgehead atoms. The van der Waals surface area contributed by atoms with Crippen LogP contribution in [0.25, 0.3) is 0 Å². The predicted molar refractivity (Wildman–Crippen MR) is 75.7 cm³/mol. The maximum absolute atomic E-state index is 11.4. The van der Waals surface area contributed by atoms with Gasteiger partial charge in [-0.05, 0) is 18.1 Å². The summed E-state index contributed by atoms with van der Waals surface area (Å²) >= 11 is 0. The maximum Gasteiger partial charge on any atom is 0.332 e. The fourth-order valence-corrected chi connectivity index (χ4v) is 2.03. The summed E-state index contributed by atoms with van der Waals surface area (Å²) in [6.07, 6.45) is 2.49. The van der Waals surface area contributed by atoms with E-state index in [0.29, 0.717) is 18.9 Å². The van der Waals surface area contributed by atoms with Crippen molar-refractivity contribution in [2.45, 2.75) is 32.3 Å². The Balaban J connectivity index is 1.76. The first-order valence-corrected chi connectivity index (χ1v) is 6.97. The Bertz CT molecular complexity index is 461. The largest absolute Gasteiger partial charge is 0.491 e. The third-order valence-electron chi connectivity index (χ3n) is 3.16. The van der Waals surface area contributed by atoms with Gasteiger partial charge in [-0.2, -0.15) is 0 Å². The summed E-state index contributed by atoms with van der Waals surface area (Å²) in [6, 6.07) is 5.58. The molecule has 1 unspecified atom stereocenters. The third-order valence-corrected chi connectivity index (χ3v) is 3.16. The van der Waals surface area contributed by atoms with E-state index in [1.807, 2.05) is 25.1 Å². The lowest BCUT2D eigenvalue weighted by atomic mass is 10.0. The minimum Gasteiger partial charge on any atom is -0.491 e. The molecule has 0 aromatic heterocycles. The normalized spacial score (nSPS) is 17.1. The number of esters is 1. The zero-order valence-electron chi connectivity index (χ0n) is 11.8. The maximum atomic E-state index is 11.4. The number of hydrogen-bond acceptors (Lipinski definition) is 5. The number of benzene rings is 1. The van der Waals surface area contributed by atoms with Crippen molar-refractivity contribution >= 4 is 11.7 Å². The Kier molecular flexibility index (Phi) is 5.24. The number of carbonyl (C=O) groups is 1. The lowest BCUT2D eigenvalue weighted by Gasteiger charge is -2.25. The topological polar surface area (TPSA) is 70.8 Å². The van der Waals surface area contributed by atoms with Gasteiger partial charge in [0.15, 0.2) is 0 Å². The summed E-state index contributed by atoms with van der Waals surface area (Å²) in [5, 5.41) is 0. The Morgan fingerprint density at radius 3 is 3.15 bits per heavy atom. The van der Waals surface area contributed by atoms with Gasteiger partial charge in [-0.15, -0.1) is 0 Å². The molecule has 1 atom stereocenters. The molecule has 110 valence electrons. The number of unbranched alkanes of at least 4 members (excludes halogenated alkanes) is 1. The second kappa shape index (κ2) is 7.14. The molecule has 0 spiro atoms. The highest BCUT2D eigenvalue weighted by atomic mass is 16.6. The number of rotatable bonds is 6. The molecular weight excluding hydrogens is 258 g/mol. The van der Waals surface area contributed by atoms with E-state index >= 15 is 0 Å². The number of anilines is 1. The predicted octanol–water partition coefficient (Wildman–Crippen LogP) is 1.93. The molecule has 5 heteroatoms. The van der Waals surface area contributed by atoms with E-state index < -0.39 is 0 Å². The van der Waals surface area contributed by atoms with E-state index in [0.717, 1.165) is 30.6 Å². The highest BCUT2D eigenvalue weighted by molar-refractivity contribution is 5.70. The number of ether oxygens (including phenoxy) is 3. The zero-order valence-corrected chi connectivity index (χ0v) is 11.8. The van der Waals surface area contributed by atoms with E-state index in [2.05, 4.69) is 0 Å². The molecule has 2 N–H and O–H groups in total. The number of fused-ring (bicyclic) bond motifs is 1. The fourth-order valence-electron chi connectivity index (χ4n) is 2.03. The SMILES string of the molecule is CCCCOC(=O)COC1COc2cc(N)ccc2C1. The van der Waals surface area contributed by atoms with Crippen LogP contribution in [0.2, 0.25) is 0 Å². The Labute approximate surface area is 119 Å². The molecule has 1 aromatic rings. The van der Waals surface area contributed by atoms with Crippen LogP contribution in [0.15, 0.2) is 18.2 Å². The summed E-state index contributed by atoms with van der Waals surface area (Å²) < 4.78 is 16.2. The average Bonchev–Trinajstić information content (AvgIpc) is 2.45. The Morgan fingerprint density at radius 1 is 1.50 bits per heavy atom. The smallest absolute Gasteiger partial charge is 0.332 e. The molecule has 2 rings (SSSR count). The van der Waals surface area contributed by atoms with Gasteiger partial charge in [-0.1, -0.05) is 19.4 Å². The molecule has 0 saturated heterocycles. The minimum atomic E-state index is -0.318. The lowest BCUT2D eigenvalue weighted by molar-refractivity contribution is -0.152. The first-order chi connectivity index (χ1) is 9.69. The van der Waals surface area contributed by atoms with Crippen LogP contribution in [0, 0.1) is 0 Å². The van der Waals surface area contributed by atoms with Crippen LogP contribution in [0.1, 0.15) is 25.3 Å². The van der Waals surface area contributed by atoms with E-state index in [-0.39, 0.29) is 18.7 Å². The fraction of sp³-hybridized carbons (Fsp3) is 0.533. The van der Waals surface area contributed by atoms with Crippen LogP contribution < -0.4 is 10.5 Å². The van der Waals surface area contributed by atoms with Crippen molar-refractivity contribution in [3.05, 3.63) is 23.8 Å². The standard InChI is InChI=1S/C15H21NO4/c1-2-3-6-18-15(17)10-19-13-7-11-4-5-12(16)8-14(11)20-9-13/h4-5,8,13H,2-3,6-7,9-10,16H2,1H3. The van der Waals surface area contributed by atoms with Gasteiger partial charge < -0.3 is 19.9 Å². The molecule has 1 aromatic carbocycles. The minimum absolute atomic E-state index is 0.0257. The second-order valence-electron chi connectivity index (χ2n) is 4.89. The number of nitrogens with two attached hydrogens (primary N) is 1. The number of nitrogen functional groups attached to an aromatic ring is 1. The molecule has 0 fully saturated rings. The van der Waals surface area contributed by atoms with Crippen molar-refractivity contribution < 1.29 is 19.0 Å². The van der Waals surface area contributed by atoms with Crippen LogP contribution in [-0.2, 0) is 20.7 Å². The second-order valence-corrected chi connectivity index (χ2v) is 4.89. The molecule has 5 nitrogen and oxygen atoms in total. The summed E-state index contributed by atoms with van der Waals surface area (Å²) in [5.74, 6) is 0.483. The molecule has 0 aliphatic carbocycles. The van der Waals surface area contributed by atoms with Crippen LogP contribution >= 0.6 is 0 Å². The first-order valence-electron chi connectivity index (χ1n) is 6.97. The monoisotopic (exact) mass is 279 g/mol. The van der Waals surface area contributed by atoms with E-state index in [1.54, 1.807) is 0 Å². The van der Waals surface area contributed by atoms with Crippen molar-refractivity contribution in [3.63, 3.8) is 0 Å². The van der Waals surface area contributed by atoms with Gasteiger partial charge in [0.2, 0.25) is 0 Å². The van der Waals surface area contributed by atoms with E-state index in [1.165, 1.54) is 0 Å². The van der Waals surface area contributed by atoms with Crippen molar-refractivity contribution in [2.24, 2.45) is 0 Å². The Hall–Kier alpha value is -1.75. The molecular formula is C15H21NO4. The molecule has 1 aliphatic rings. The quantitative estimate of drug-likeness (QED) is 0.489. The summed E-state index contributed by atoms with van der Waals surface area (Å²) in [5.41, 5.74) is 7.43. The Morgan fingerprint density at radius 2 is 2.35 bits per heavy atom. The number of carbonyl (C=O) groups excluding carboxylic acids is 1. The van der Waals surface area contributed by atoms with E-state index in [4.69, 9.17) is 19.9 Å². The van der Waals surface area contributed by atoms with Gasteiger partial charge >= 0.3 is 5.97 Å². The van der Waals surface area contributed by atoms with Gasteiger partial charge in [-0.25, -0.2) is 4.79 Å². The van der Waals surface area contributed by atoms with Gasteiger partial charge in [0.1, 0.15) is 19.0 Å². The third kappa shape index (κ3) is 4.13. The molecule has 20 heavy (non-hydrogen) atoms. The van der Waals surface area contributed by atoms with Crippen LogP contribution in [0.4, 0.5) is 5.69 Å². The van der Waals surface area contributed by atoms with Gasteiger partial charge in [0, 0.05) is 18.2 Å². The highest BCUT2D eigenvalue weighted by Gasteiger charge is 2.21. The van der Waals surface area contributed by atoms with Crippen LogP contribution in [0.3, 0.4) is 0 Å². The van der Waals surface area contributed by atoms with Crippen molar-refractivity contribution in [1.82, 2.24) is 0 Å². The molecule has 1 aliphatic heterocycles. The van der Waals surface area contributed by atoms with Gasteiger partial charge in [0.05, 0.1) is 12.7 Å². The average molecular weight is 279 g/mol. The highest BCUT2D eigenvalue weighted by Crippen LogP contribution is 2.27. The van der Waals surface area contributed by atoms with E-state index in [9.17, 15) is 4.79 Å². The first kappa shape index (κ1) is 14.7. The van der Waals surface area contributed by atoms with Crippen molar-refractivity contribution in [1.29, 1.82) is 0 Å². The van der Waals surface area contributed by atoms with Crippen molar-refractivity contribution in [2.75, 3.05) is 25.6 Å². The molecule has 0 saturated carbocycles. The van der Waals surface area contributed by atoms with Gasteiger partial charge in [-0.3, -0.25) is 0 Å². The molecule has 0 radical (unpaired) electrons. The molecule has 1 heterocycles. The zero-order chi connectivity index (χ0) is 14.4. The van der Waals surface area contributed by atoms with Crippen LogP contribution in [0.5, 0.6) is 5.75 Å². The molecule has 0 amide bonds. The lowest BCUT2D eigenvalue weighted by Crippen LogP contribution is -2.31. The number of hydrogen-bond donors (Lipinski definition) is 1.